The molecule has 17 heavy (non-hydrogen) atoms. The molecule has 1 heterocycles. The predicted octanol–water partition coefficient (Wildman–Crippen LogP) is 1.80. The van der Waals surface area contributed by atoms with E-state index < -0.39 is 0 Å². The smallest absolute Gasteiger partial charge is 0.0462 e. The largest absolute Gasteiger partial charge is 0.385 e. The van der Waals surface area contributed by atoms with Crippen molar-refractivity contribution in [3.05, 3.63) is 29.8 Å². The van der Waals surface area contributed by atoms with Crippen molar-refractivity contribution < 1.29 is 4.74 Å². The van der Waals surface area contributed by atoms with E-state index in [0.29, 0.717) is 0 Å². The number of nitrogens with two attached hydrogens (primary N) is 1. The highest BCUT2D eigenvalue weighted by Gasteiger charge is 2.20. The van der Waals surface area contributed by atoms with Crippen LogP contribution in [0.5, 0.6) is 0 Å². The molecular weight excluding hydrogens is 212 g/mol. The third-order valence-corrected chi connectivity index (χ3v) is 3.30. The summed E-state index contributed by atoms with van der Waals surface area (Å²) in [5.41, 5.74) is 8.86. The Balaban J connectivity index is 1.97. The fraction of sp³-hybridized carbons (Fsp3) is 0.571. The summed E-state index contributed by atoms with van der Waals surface area (Å²) in [6, 6.07) is 8.87. The number of unbranched alkanes of at least 4 members (excludes halogenated alkanes) is 1. The zero-order valence-corrected chi connectivity index (χ0v) is 10.6. The molecule has 0 amide bonds. The topological polar surface area (TPSA) is 38.5 Å². The van der Waals surface area contributed by atoms with Crippen LogP contribution in [0, 0.1) is 0 Å². The standard InChI is InChI=1S/C14H22N2O/c1-17-9-5-4-8-16-11-13(15)10-12-6-2-3-7-14(12)16/h2-3,6-7,13H,4-5,8-11,15H2,1H3. The van der Waals surface area contributed by atoms with Gasteiger partial charge in [0.1, 0.15) is 0 Å². The minimum absolute atomic E-state index is 0.271. The highest BCUT2D eigenvalue weighted by molar-refractivity contribution is 5.56. The SMILES string of the molecule is COCCCCN1CC(N)Cc2ccccc21. The van der Waals surface area contributed by atoms with Gasteiger partial charge in [0.05, 0.1) is 0 Å². The number of nitrogens with zero attached hydrogens (tertiary/aromatic N) is 1. The molecule has 0 saturated carbocycles. The fourth-order valence-electron chi connectivity index (χ4n) is 2.48. The molecule has 0 bridgehead atoms. The number of hydrogen-bond acceptors (Lipinski definition) is 3. The first-order chi connectivity index (χ1) is 8.31. The van der Waals surface area contributed by atoms with Crippen LogP contribution in [0.25, 0.3) is 0 Å². The quantitative estimate of drug-likeness (QED) is 0.790. The van der Waals surface area contributed by atoms with Crippen LogP contribution in [0.15, 0.2) is 24.3 Å². The van der Waals surface area contributed by atoms with Crippen LogP contribution in [0.2, 0.25) is 0 Å². The van der Waals surface area contributed by atoms with E-state index in [1.54, 1.807) is 7.11 Å². The van der Waals surface area contributed by atoms with Crippen LogP contribution in [-0.2, 0) is 11.2 Å². The first-order valence-corrected chi connectivity index (χ1v) is 6.38. The van der Waals surface area contributed by atoms with Gasteiger partial charge in [0.25, 0.3) is 0 Å². The van der Waals surface area contributed by atoms with E-state index >= 15 is 0 Å². The number of methoxy groups -OCH3 is 1. The molecule has 2 N–H and O–H groups in total. The summed E-state index contributed by atoms with van der Waals surface area (Å²) in [6.45, 7) is 2.90. The van der Waals surface area contributed by atoms with Gasteiger partial charge in [0.15, 0.2) is 0 Å². The van der Waals surface area contributed by atoms with Crippen molar-refractivity contribution in [2.24, 2.45) is 5.73 Å². The van der Waals surface area contributed by atoms with Crippen molar-refractivity contribution in [2.45, 2.75) is 25.3 Å². The van der Waals surface area contributed by atoms with Crippen molar-refractivity contribution in [3.8, 4) is 0 Å². The van der Waals surface area contributed by atoms with Crippen LogP contribution < -0.4 is 10.6 Å². The molecule has 1 aliphatic heterocycles. The lowest BCUT2D eigenvalue weighted by Gasteiger charge is -2.34. The molecule has 1 aromatic rings. The second-order valence-corrected chi connectivity index (χ2v) is 4.74. The van der Waals surface area contributed by atoms with E-state index in [-0.39, 0.29) is 6.04 Å². The summed E-state index contributed by atoms with van der Waals surface area (Å²) in [6.07, 6.45) is 3.28. The molecule has 2 rings (SSSR count). The Labute approximate surface area is 104 Å². The summed E-state index contributed by atoms with van der Waals surface area (Å²) in [5.74, 6) is 0. The first kappa shape index (κ1) is 12.4. The highest BCUT2D eigenvalue weighted by atomic mass is 16.5. The van der Waals surface area contributed by atoms with Gasteiger partial charge in [-0.1, -0.05) is 18.2 Å². The molecule has 3 heteroatoms. The van der Waals surface area contributed by atoms with E-state index in [1.807, 2.05) is 0 Å². The maximum Gasteiger partial charge on any atom is 0.0462 e. The molecule has 3 nitrogen and oxygen atoms in total. The highest BCUT2D eigenvalue weighted by Crippen LogP contribution is 2.26. The average molecular weight is 234 g/mol. The number of ether oxygens (including phenoxy) is 1. The number of fused-ring (bicyclic) bond motifs is 1. The Bertz CT molecular complexity index is 354. The summed E-state index contributed by atoms with van der Waals surface area (Å²) in [7, 11) is 1.76. The molecule has 0 aliphatic carbocycles. The van der Waals surface area contributed by atoms with Crippen LogP contribution >= 0.6 is 0 Å². The monoisotopic (exact) mass is 234 g/mol. The zero-order valence-electron chi connectivity index (χ0n) is 10.6. The van der Waals surface area contributed by atoms with Crippen molar-refractivity contribution in [2.75, 3.05) is 31.7 Å². The maximum atomic E-state index is 6.10. The molecule has 0 spiro atoms. The second kappa shape index (κ2) is 6.03. The average Bonchev–Trinajstić information content (AvgIpc) is 2.34. The number of hydrogen-bond donors (Lipinski definition) is 1. The molecule has 1 unspecified atom stereocenters. The van der Waals surface area contributed by atoms with Crippen molar-refractivity contribution in [1.82, 2.24) is 0 Å². The normalized spacial score (nSPS) is 19.2. The van der Waals surface area contributed by atoms with E-state index in [4.69, 9.17) is 10.5 Å². The lowest BCUT2D eigenvalue weighted by Crippen LogP contribution is -2.43. The van der Waals surface area contributed by atoms with Gasteiger partial charge < -0.3 is 15.4 Å². The van der Waals surface area contributed by atoms with Gasteiger partial charge in [-0.05, 0) is 30.9 Å². The summed E-state index contributed by atoms with van der Waals surface area (Å²) in [4.78, 5) is 2.42. The Morgan fingerprint density at radius 1 is 1.35 bits per heavy atom. The molecular formula is C14H22N2O. The van der Waals surface area contributed by atoms with Gasteiger partial charge in [-0.3, -0.25) is 0 Å². The third kappa shape index (κ3) is 3.20. The van der Waals surface area contributed by atoms with E-state index in [0.717, 1.165) is 39.0 Å². The van der Waals surface area contributed by atoms with Crippen LogP contribution in [0.1, 0.15) is 18.4 Å². The Morgan fingerprint density at radius 3 is 3.00 bits per heavy atom. The third-order valence-electron chi connectivity index (χ3n) is 3.30. The minimum atomic E-state index is 0.271. The predicted molar refractivity (Wildman–Crippen MR) is 71.4 cm³/mol. The summed E-state index contributed by atoms with van der Waals surface area (Å²) < 4.78 is 5.08. The van der Waals surface area contributed by atoms with Crippen molar-refractivity contribution in [1.29, 1.82) is 0 Å². The van der Waals surface area contributed by atoms with Crippen molar-refractivity contribution >= 4 is 5.69 Å². The van der Waals surface area contributed by atoms with E-state index in [9.17, 15) is 0 Å². The summed E-state index contributed by atoms with van der Waals surface area (Å²) in [5, 5.41) is 0. The van der Waals surface area contributed by atoms with E-state index in [1.165, 1.54) is 11.3 Å². The van der Waals surface area contributed by atoms with Crippen LogP contribution in [-0.4, -0.2) is 32.8 Å². The molecule has 0 aromatic heterocycles. The van der Waals surface area contributed by atoms with Crippen LogP contribution in [0.3, 0.4) is 0 Å². The molecule has 94 valence electrons. The maximum absolute atomic E-state index is 6.10. The number of rotatable bonds is 5. The number of para-hydroxylation sites is 1. The summed E-state index contributed by atoms with van der Waals surface area (Å²) >= 11 is 0. The second-order valence-electron chi connectivity index (χ2n) is 4.74. The Hall–Kier alpha value is -1.06. The Kier molecular flexibility index (Phi) is 4.40. The van der Waals surface area contributed by atoms with Gasteiger partial charge in [0.2, 0.25) is 0 Å². The van der Waals surface area contributed by atoms with Crippen LogP contribution in [0.4, 0.5) is 5.69 Å². The van der Waals surface area contributed by atoms with Gasteiger partial charge in [0, 0.05) is 38.5 Å². The molecule has 1 aromatic carbocycles. The van der Waals surface area contributed by atoms with Crippen molar-refractivity contribution in [3.63, 3.8) is 0 Å². The molecule has 1 aliphatic rings. The zero-order chi connectivity index (χ0) is 12.1. The number of anilines is 1. The van der Waals surface area contributed by atoms with Gasteiger partial charge in [-0.15, -0.1) is 0 Å². The molecule has 0 fully saturated rings. The lowest BCUT2D eigenvalue weighted by atomic mass is 9.98. The molecule has 0 saturated heterocycles. The minimum Gasteiger partial charge on any atom is -0.385 e. The Morgan fingerprint density at radius 2 is 2.18 bits per heavy atom. The van der Waals surface area contributed by atoms with E-state index in [2.05, 4.69) is 29.2 Å². The number of benzene rings is 1. The fourth-order valence-corrected chi connectivity index (χ4v) is 2.48. The van der Waals surface area contributed by atoms with Gasteiger partial charge in [-0.2, -0.15) is 0 Å². The first-order valence-electron chi connectivity index (χ1n) is 6.38. The van der Waals surface area contributed by atoms with Gasteiger partial charge >= 0.3 is 0 Å². The molecule has 1 atom stereocenters. The lowest BCUT2D eigenvalue weighted by molar-refractivity contribution is 0.193. The molecule has 0 radical (unpaired) electrons. The van der Waals surface area contributed by atoms with Gasteiger partial charge in [-0.25, -0.2) is 0 Å².